The Kier molecular flexibility index (Phi) is 11.6. The molecular weight excluding hydrogens is 358 g/mol. The van der Waals surface area contributed by atoms with Crippen LogP contribution in [-0.2, 0) is 4.74 Å². The van der Waals surface area contributed by atoms with Crippen LogP contribution in [0.5, 0.6) is 0 Å². The summed E-state index contributed by atoms with van der Waals surface area (Å²) < 4.78 is 5.80. The van der Waals surface area contributed by atoms with Gasteiger partial charge in [-0.3, -0.25) is 4.98 Å². The Morgan fingerprint density at radius 3 is 2.14 bits per heavy atom. The smallest absolute Gasteiger partial charge is 0.340 e. The van der Waals surface area contributed by atoms with Crippen LogP contribution in [0, 0.1) is 0 Å². The molecule has 0 aliphatic carbocycles. The SMILES string of the molecule is CC(C)=CCC/C(C)=C/CC(/C=C(\C)CCC=C(C)C)OC(=O)c1cccnc1. The van der Waals surface area contributed by atoms with E-state index < -0.39 is 0 Å². The number of carbonyl (C=O) groups excluding carboxylic acids is 1. The molecule has 3 nitrogen and oxygen atoms in total. The quantitative estimate of drug-likeness (QED) is 0.290. The molecule has 0 aliphatic rings. The molecule has 1 aromatic rings. The van der Waals surface area contributed by atoms with Gasteiger partial charge in [0.2, 0.25) is 0 Å². The van der Waals surface area contributed by atoms with E-state index in [1.165, 1.54) is 22.3 Å². The summed E-state index contributed by atoms with van der Waals surface area (Å²) in [4.78, 5) is 16.5. The average Bonchev–Trinajstić information content (AvgIpc) is 2.66. The van der Waals surface area contributed by atoms with Gasteiger partial charge in [0.25, 0.3) is 0 Å². The number of nitrogens with zero attached hydrogens (tertiary/aromatic N) is 1. The summed E-state index contributed by atoms with van der Waals surface area (Å²) in [5.41, 5.74) is 5.71. The average molecular weight is 396 g/mol. The Morgan fingerprint density at radius 2 is 1.59 bits per heavy atom. The van der Waals surface area contributed by atoms with Crippen molar-refractivity contribution in [1.29, 1.82) is 0 Å². The number of ether oxygens (including phenoxy) is 1. The van der Waals surface area contributed by atoms with E-state index in [9.17, 15) is 4.79 Å². The molecule has 29 heavy (non-hydrogen) atoms. The minimum absolute atomic E-state index is 0.271. The molecule has 0 N–H and O–H groups in total. The highest BCUT2D eigenvalue weighted by atomic mass is 16.5. The highest BCUT2D eigenvalue weighted by Gasteiger charge is 2.14. The van der Waals surface area contributed by atoms with Gasteiger partial charge in [-0.15, -0.1) is 0 Å². The van der Waals surface area contributed by atoms with Crippen molar-refractivity contribution in [1.82, 2.24) is 4.98 Å². The molecule has 1 heterocycles. The van der Waals surface area contributed by atoms with Crippen LogP contribution in [0.2, 0.25) is 0 Å². The van der Waals surface area contributed by atoms with Gasteiger partial charge in [-0.05, 0) is 85.4 Å². The van der Waals surface area contributed by atoms with Gasteiger partial charge in [0.15, 0.2) is 0 Å². The van der Waals surface area contributed by atoms with Crippen molar-refractivity contribution in [2.45, 2.75) is 79.8 Å². The standard InChI is InChI=1S/C26H37NO2/c1-20(2)10-7-12-22(5)15-16-25(18-23(6)13-8-11-21(3)4)29-26(28)24-14-9-17-27-19-24/h9-11,14-15,17-19,25H,7-8,12-13,16H2,1-6H3/b22-15+,23-18+. The summed E-state index contributed by atoms with van der Waals surface area (Å²) in [5.74, 6) is -0.327. The van der Waals surface area contributed by atoms with Gasteiger partial charge in [0.05, 0.1) is 5.56 Å². The lowest BCUT2D eigenvalue weighted by Crippen LogP contribution is -2.16. The third-order valence-corrected chi connectivity index (χ3v) is 4.51. The van der Waals surface area contributed by atoms with Crippen molar-refractivity contribution < 1.29 is 9.53 Å². The van der Waals surface area contributed by atoms with Crippen molar-refractivity contribution in [3.8, 4) is 0 Å². The predicted octanol–water partition coefficient (Wildman–Crippen LogP) is 7.38. The first-order chi connectivity index (χ1) is 13.8. The number of rotatable bonds is 11. The van der Waals surface area contributed by atoms with Gasteiger partial charge in [0, 0.05) is 18.8 Å². The molecule has 0 radical (unpaired) electrons. The van der Waals surface area contributed by atoms with Crippen LogP contribution < -0.4 is 0 Å². The second-order valence-corrected chi connectivity index (χ2v) is 8.12. The van der Waals surface area contributed by atoms with Crippen molar-refractivity contribution in [3.63, 3.8) is 0 Å². The number of allylic oxidation sites excluding steroid dienone is 6. The number of carbonyl (C=O) groups is 1. The van der Waals surface area contributed by atoms with Gasteiger partial charge in [0.1, 0.15) is 6.10 Å². The highest BCUT2D eigenvalue weighted by molar-refractivity contribution is 5.89. The van der Waals surface area contributed by atoms with Crippen LogP contribution in [0.1, 0.15) is 84.0 Å². The Bertz CT molecular complexity index is 746. The molecule has 0 amide bonds. The number of pyridine rings is 1. The van der Waals surface area contributed by atoms with E-state index >= 15 is 0 Å². The summed E-state index contributed by atoms with van der Waals surface area (Å²) in [5, 5.41) is 0. The molecule has 1 aromatic heterocycles. The van der Waals surface area contributed by atoms with Crippen LogP contribution >= 0.6 is 0 Å². The molecular formula is C26H37NO2. The van der Waals surface area contributed by atoms with Crippen LogP contribution in [0.4, 0.5) is 0 Å². The van der Waals surface area contributed by atoms with Crippen LogP contribution in [0.15, 0.2) is 71.1 Å². The van der Waals surface area contributed by atoms with E-state index in [1.807, 2.05) is 0 Å². The minimum atomic E-state index is -0.327. The molecule has 0 fully saturated rings. The lowest BCUT2D eigenvalue weighted by molar-refractivity contribution is 0.0397. The largest absolute Gasteiger partial charge is 0.454 e. The molecule has 1 rings (SSSR count). The summed E-state index contributed by atoms with van der Waals surface area (Å²) in [6.45, 7) is 12.7. The Hall–Kier alpha value is -2.42. The lowest BCUT2D eigenvalue weighted by atomic mass is 10.0. The Labute approximate surface area is 177 Å². The molecule has 1 atom stereocenters. The van der Waals surface area contributed by atoms with Crippen LogP contribution in [0.25, 0.3) is 0 Å². The van der Waals surface area contributed by atoms with Crippen molar-refractivity contribution >= 4 is 5.97 Å². The zero-order chi connectivity index (χ0) is 21.6. The zero-order valence-corrected chi connectivity index (χ0v) is 19.0. The minimum Gasteiger partial charge on any atom is -0.454 e. The summed E-state index contributed by atoms with van der Waals surface area (Å²) >= 11 is 0. The maximum absolute atomic E-state index is 12.5. The van der Waals surface area contributed by atoms with E-state index in [-0.39, 0.29) is 12.1 Å². The molecule has 0 bridgehead atoms. The maximum Gasteiger partial charge on any atom is 0.340 e. The third-order valence-electron chi connectivity index (χ3n) is 4.51. The van der Waals surface area contributed by atoms with Gasteiger partial charge >= 0.3 is 5.97 Å². The molecule has 0 saturated carbocycles. The van der Waals surface area contributed by atoms with Crippen molar-refractivity contribution in [2.24, 2.45) is 0 Å². The molecule has 158 valence electrons. The first-order valence-corrected chi connectivity index (χ1v) is 10.5. The van der Waals surface area contributed by atoms with E-state index in [4.69, 9.17) is 4.74 Å². The third kappa shape index (κ3) is 11.9. The molecule has 0 spiro atoms. The molecule has 1 unspecified atom stereocenters. The van der Waals surface area contributed by atoms with Gasteiger partial charge in [-0.25, -0.2) is 4.79 Å². The monoisotopic (exact) mass is 395 g/mol. The summed E-state index contributed by atoms with van der Waals surface area (Å²) in [6.07, 6.45) is 16.4. The van der Waals surface area contributed by atoms with E-state index in [0.29, 0.717) is 12.0 Å². The maximum atomic E-state index is 12.5. The Morgan fingerprint density at radius 1 is 0.966 bits per heavy atom. The van der Waals surface area contributed by atoms with Crippen LogP contribution in [0.3, 0.4) is 0 Å². The zero-order valence-electron chi connectivity index (χ0n) is 19.0. The van der Waals surface area contributed by atoms with E-state index in [2.05, 4.69) is 70.8 Å². The van der Waals surface area contributed by atoms with Gasteiger partial charge in [-0.2, -0.15) is 0 Å². The fraction of sp³-hybridized carbons (Fsp3) is 0.462. The van der Waals surface area contributed by atoms with E-state index in [1.54, 1.807) is 24.5 Å². The molecule has 0 aromatic carbocycles. The lowest BCUT2D eigenvalue weighted by Gasteiger charge is -2.15. The number of aromatic nitrogens is 1. The number of esters is 1. The number of hydrogen-bond acceptors (Lipinski definition) is 3. The van der Waals surface area contributed by atoms with Crippen LogP contribution in [-0.4, -0.2) is 17.1 Å². The topological polar surface area (TPSA) is 39.2 Å². The fourth-order valence-corrected chi connectivity index (χ4v) is 2.84. The molecule has 3 heteroatoms. The second-order valence-electron chi connectivity index (χ2n) is 8.12. The Balaban J connectivity index is 2.82. The number of hydrogen-bond donors (Lipinski definition) is 0. The molecule has 0 saturated heterocycles. The normalized spacial score (nSPS) is 12.9. The second kappa shape index (κ2) is 13.7. The summed E-state index contributed by atoms with van der Waals surface area (Å²) in [6, 6.07) is 3.48. The fourth-order valence-electron chi connectivity index (χ4n) is 2.84. The van der Waals surface area contributed by atoms with Crippen molar-refractivity contribution in [3.05, 3.63) is 76.7 Å². The van der Waals surface area contributed by atoms with E-state index in [0.717, 1.165) is 25.7 Å². The predicted molar refractivity (Wildman–Crippen MR) is 123 cm³/mol. The van der Waals surface area contributed by atoms with Crippen molar-refractivity contribution in [2.75, 3.05) is 0 Å². The highest BCUT2D eigenvalue weighted by Crippen LogP contribution is 2.16. The first kappa shape index (κ1) is 24.6. The van der Waals surface area contributed by atoms with Gasteiger partial charge < -0.3 is 4.74 Å². The molecule has 0 aliphatic heterocycles. The summed E-state index contributed by atoms with van der Waals surface area (Å²) in [7, 11) is 0. The first-order valence-electron chi connectivity index (χ1n) is 10.5. The van der Waals surface area contributed by atoms with Gasteiger partial charge in [-0.1, -0.05) is 40.5 Å².